The molecule has 5 aromatic rings. The van der Waals surface area contributed by atoms with Crippen LogP contribution in [0.3, 0.4) is 0 Å². The zero-order chi connectivity index (χ0) is 38.3. The van der Waals surface area contributed by atoms with E-state index >= 15 is 4.39 Å². The average molecular weight is 772 g/mol. The third-order valence-corrected chi connectivity index (χ3v) is 12.7. The number of phenolic OH excluding ortho intramolecular Hbond substituents is 1. The molecule has 0 saturated carbocycles. The fraction of sp³-hybridized carbons (Fsp3) is 0.348. The first-order chi connectivity index (χ1) is 27.3. The lowest BCUT2D eigenvalue weighted by Crippen LogP contribution is -2.69. The second-order valence-electron chi connectivity index (χ2n) is 15.9. The van der Waals surface area contributed by atoms with Crippen LogP contribution in [0.15, 0.2) is 103 Å². The first-order valence-electron chi connectivity index (χ1n) is 20.0. The lowest BCUT2D eigenvalue weighted by molar-refractivity contribution is -0.135. The second kappa shape index (κ2) is 15.4. The molecule has 5 aliphatic heterocycles. The number of aromatic nitrogens is 1. The molecule has 5 saturated heterocycles. The van der Waals surface area contributed by atoms with Crippen molar-refractivity contribution in [2.45, 2.75) is 56.7 Å². The van der Waals surface area contributed by atoms with Crippen molar-refractivity contribution in [2.75, 3.05) is 48.4 Å². The van der Waals surface area contributed by atoms with Gasteiger partial charge in [-0.15, -0.1) is 11.6 Å². The highest BCUT2D eigenvalue weighted by molar-refractivity contribution is 6.18. The van der Waals surface area contributed by atoms with E-state index in [1.807, 2.05) is 41.2 Å². The maximum atomic E-state index is 15.6. The van der Waals surface area contributed by atoms with Crippen LogP contribution < -0.4 is 15.1 Å². The molecule has 56 heavy (non-hydrogen) atoms. The van der Waals surface area contributed by atoms with Gasteiger partial charge in [-0.3, -0.25) is 19.8 Å². The Morgan fingerprint density at radius 3 is 2.12 bits per heavy atom. The quantitative estimate of drug-likeness (QED) is 0.0847. The molecule has 288 valence electrons. The molecular formula is C46H47ClFN5O3. The number of fused-ring (bicyclic) bond motifs is 3. The van der Waals surface area contributed by atoms with E-state index in [2.05, 4.69) is 68.5 Å². The number of hydrogen-bond donors (Lipinski definition) is 2. The summed E-state index contributed by atoms with van der Waals surface area (Å²) >= 11 is 6.37. The zero-order valence-electron chi connectivity index (χ0n) is 31.4. The van der Waals surface area contributed by atoms with E-state index in [9.17, 15) is 14.7 Å². The number of nitrogens with one attached hydrogen (secondary N) is 1. The standard InChI is InChI=1S/C46H47ClFN5O3/c47-19-16-40(31-4-2-1-3-5-31)45(33-8-12-39(54)13-9-33)32-6-10-36(11-7-32)50-20-17-30(18-21-50)25-53-37-24-38(53)29-52(28-37)43-23-35-27-51(26-34(35)22-41(43)48)42-14-15-44(55)49-46(42)56/h1-13,22-23,26-27,30,37-38,42,54H,14-21,24-25,28-29H2,(H,49,55,56). The number of carbonyl (C=O) groups excluding carboxylic acids is 2. The Balaban J connectivity index is 0.831. The Kier molecular flexibility index (Phi) is 10.1. The summed E-state index contributed by atoms with van der Waals surface area (Å²) in [4.78, 5) is 31.5. The van der Waals surface area contributed by atoms with Crippen LogP contribution in [-0.2, 0) is 9.59 Å². The van der Waals surface area contributed by atoms with Gasteiger partial charge in [-0.25, -0.2) is 4.39 Å². The predicted molar refractivity (Wildman–Crippen MR) is 222 cm³/mol. The zero-order valence-corrected chi connectivity index (χ0v) is 32.2. The first-order valence-corrected chi connectivity index (χ1v) is 20.5. The highest BCUT2D eigenvalue weighted by Gasteiger charge is 2.45. The minimum Gasteiger partial charge on any atom is -0.508 e. The van der Waals surface area contributed by atoms with Crippen LogP contribution in [0.5, 0.6) is 5.75 Å². The number of nitrogens with zero attached hydrogens (tertiary/aromatic N) is 4. The Labute approximate surface area is 332 Å². The van der Waals surface area contributed by atoms with Gasteiger partial charge in [0.1, 0.15) is 17.6 Å². The number of allylic oxidation sites excluding steroid dienone is 1. The molecule has 5 aliphatic rings. The van der Waals surface area contributed by atoms with Crippen molar-refractivity contribution in [1.82, 2.24) is 14.8 Å². The van der Waals surface area contributed by atoms with Gasteiger partial charge in [0.25, 0.3) is 0 Å². The topological polar surface area (TPSA) is 81.1 Å². The van der Waals surface area contributed by atoms with Crippen molar-refractivity contribution in [3.63, 3.8) is 0 Å². The fourth-order valence-corrected chi connectivity index (χ4v) is 9.74. The molecule has 10 heteroatoms. The number of piperazine rings is 1. The Morgan fingerprint density at radius 1 is 0.804 bits per heavy atom. The number of alkyl halides is 1. The SMILES string of the molecule is O=C1CCC(n2cc3cc(F)c(N4CC5CC(C4)N5CC4CCN(c5ccc(C(=C(CCCl)c6ccccc6)c6ccc(O)cc6)cc5)CC4)cc3c2)C(=O)N1. The minimum absolute atomic E-state index is 0.230. The monoisotopic (exact) mass is 771 g/mol. The summed E-state index contributed by atoms with van der Waals surface area (Å²) in [6.45, 7) is 4.76. The number of anilines is 2. The van der Waals surface area contributed by atoms with Gasteiger partial charge < -0.3 is 19.5 Å². The third kappa shape index (κ3) is 7.19. The number of benzene rings is 4. The molecule has 0 aliphatic carbocycles. The molecule has 3 unspecified atom stereocenters. The number of piperidine rings is 3. The highest BCUT2D eigenvalue weighted by Crippen LogP contribution is 2.40. The molecule has 8 nitrogen and oxygen atoms in total. The molecule has 5 fully saturated rings. The Hall–Kier alpha value is -5.12. The summed E-state index contributed by atoms with van der Waals surface area (Å²) in [6.07, 6.45) is 8.65. The number of carbonyl (C=O) groups is 2. The summed E-state index contributed by atoms with van der Waals surface area (Å²) in [7, 11) is 0. The summed E-state index contributed by atoms with van der Waals surface area (Å²) in [5, 5.41) is 14.1. The molecule has 0 radical (unpaired) electrons. The van der Waals surface area contributed by atoms with Crippen LogP contribution in [0.25, 0.3) is 21.9 Å². The molecule has 1 aromatic heterocycles. The largest absolute Gasteiger partial charge is 0.508 e. The lowest BCUT2D eigenvalue weighted by Gasteiger charge is -2.58. The van der Waals surface area contributed by atoms with Crippen molar-refractivity contribution in [3.05, 3.63) is 126 Å². The van der Waals surface area contributed by atoms with Gasteiger partial charge in [0.2, 0.25) is 11.8 Å². The molecule has 4 aromatic carbocycles. The van der Waals surface area contributed by atoms with Crippen molar-refractivity contribution >= 4 is 56.7 Å². The minimum atomic E-state index is -0.455. The number of rotatable bonds is 10. The van der Waals surface area contributed by atoms with Gasteiger partial charge in [0.15, 0.2) is 0 Å². The number of imide groups is 1. The average Bonchev–Trinajstić information content (AvgIpc) is 3.63. The first kappa shape index (κ1) is 36.5. The highest BCUT2D eigenvalue weighted by atomic mass is 35.5. The third-order valence-electron chi connectivity index (χ3n) is 12.5. The Morgan fingerprint density at radius 2 is 1.46 bits per heavy atom. The molecule has 2 N–H and O–H groups in total. The summed E-state index contributed by atoms with van der Waals surface area (Å²) < 4.78 is 17.4. The number of amides is 2. The molecule has 0 spiro atoms. The summed E-state index contributed by atoms with van der Waals surface area (Å²) in [5.74, 6) is 0.616. The molecule has 3 atom stereocenters. The summed E-state index contributed by atoms with van der Waals surface area (Å²) in [5.41, 5.74) is 7.51. The van der Waals surface area contributed by atoms with Crippen LogP contribution >= 0.6 is 11.6 Å². The van der Waals surface area contributed by atoms with Gasteiger partial charge in [-0.2, -0.15) is 0 Å². The van der Waals surface area contributed by atoms with Gasteiger partial charge in [0, 0.05) is 86.0 Å². The lowest BCUT2D eigenvalue weighted by atomic mass is 9.84. The summed E-state index contributed by atoms with van der Waals surface area (Å²) in [6, 6.07) is 30.7. The van der Waals surface area contributed by atoms with E-state index in [4.69, 9.17) is 11.6 Å². The van der Waals surface area contributed by atoms with Crippen molar-refractivity contribution in [2.24, 2.45) is 5.92 Å². The van der Waals surface area contributed by atoms with E-state index in [1.54, 1.807) is 18.2 Å². The van der Waals surface area contributed by atoms with Gasteiger partial charge >= 0.3 is 0 Å². The van der Waals surface area contributed by atoms with Crippen LogP contribution in [0.1, 0.15) is 61.3 Å². The van der Waals surface area contributed by atoms with Crippen molar-refractivity contribution < 1.29 is 19.1 Å². The van der Waals surface area contributed by atoms with Crippen LogP contribution in [0, 0.1) is 11.7 Å². The molecule has 10 rings (SSSR count). The van der Waals surface area contributed by atoms with E-state index in [0.717, 1.165) is 91.4 Å². The van der Waals surface area contributed by atoms with E-state index in [1.165, 1.54) is 11.3 Å². The number of hydrogen-bond acceptors (Lipinski definition) is 6. The van der Waals surface area contributed by atoms with Gasteiger partial charge in [0.05, 0.1) is 5.69 Å². The normalized spacial score (nSPS) is 22.2. The molecule has 6 heterocycles. The van der Waals surface area contributed by atoms with Crippen LogP contribution in [0.4, 0.5) is 15.8 Å². The van der Waals surface area contributed by atoms with Crippen molar-refractivity contribution in [1.29, 1.82) is 0 Å². The van der Waals surface area contributed by atoms with E-state index < -0.39 is 6.04 Å². The predicted octanol–water partition coefficient (Wildman–Crippen LogP) is 8.23. The smallest absolute Gasteiger partial charge is 0.249 e. The van der Waals surface area contributed by atoms with Crippen molar-refractivity contribution in [3.8, 4) is 5.75 Å². The van der Waals surface area contributed by atoms with E-state index in [0.29, 0.717) is 42.4 Å². The number of phenols is 1. The fourth-order valence-electron chi connectivity index (χ4n) is 9.55. The second-order valence-corrected chi connectivity index (χ2v) is 16.3. The Bertz CT molecular complexity index is 2250. The molecular weight excluding hydrogens is 725 g/mol. The molecule has 2 bridgehead atoms. The number of halogens is 2. The van der Waals surface area contributed by atoms with Crippen LogP contribution in [-0.4, -0.2) is 77.1 Å². The maximum Gasteiger partial charge on any atom is 0.249 e. The van der Waals surface area contributed by atoms with Crippen LogP contribution in [0.2, 0.25) is 0 Å². The number of aromatic hydroxyl groups is 1. The maximum absolute atomic E-state index is 15.6. The van der Waals surface area contributed by atoms with Gasteiger partial charge in [-0.1, -0.05) is 54.6 Å². The van der Waals surface area contributed by atoms with E-state index in [-0.39, 0.29) is 23.4 Å². The molecule has 2 amide bonds. The van der Waals surface area contributed by atoms with Gasteiger partial charge in [-0.05, 0) is 102 Å².